The summed E-state index contributed by atoms with van der Waals surface area (Å²) in [4.78, 5) is 0. The van der Waals surface area contributed by atoms with Crippen molar-refractivity contribution < 1.29 is 0 Å². The highest BCUT2D eigenvalue weighted by atomic mass is 79.9. The molecule has 0 aliphatic carbocycles. The van der Waals surface area contributed by atoms with E-state index in [4.69, 9.17) is 0 Å². The summed E-state index contributed by atoms with van der Waals surface area (Å²) in [6.45, 7) is 0. The number of benzene rings is 5. The van der Waals surface area contributed by atoms with Crippen molar-refractivity contribution in [3.63, 3.8) is 0 Å². The van der Waals surface area contributed by atoms with E-state index in [2.05, 4.69) is 143 Å². The number of hydrogen-bond acceptors (Lipinski definition) is 0. The molecule has 0 radical (unpaired) electrons. The maximum Gasteiger partial charge on any atom is 0.0181 e. The van der Waals surface area contributed by atoms with Gasteiger partial charge in [-0.1, -0.05) is 113 Å². The molecule has 148 valence electrons. The van der Waals surface area contributed by atoms with Gasteiger partial charge in [-0.05, 0) is 74.8 Å². The molecule has 0 amide bonds. The van der Waals surface area contributed by atoms with Crippen molar-refractivity contribution in [3.8, 4) is 44.5 Å². The molecule has 0 unspecified atom stereocenters. The monoisotopic (exact) mass is 460 g/mol. The van der Waals surface area contributed by atoms with Crippen LogP contribution in [0.4, 0.5) is 0 Å². The first-order valence-electron chi connectivity index (χ1n) is 10.4. The molecule has 0 spiro atoms. The normalized spacial score (nSPS) is 10.7. The van der Waals surface area contributed by atoms with E-state index >= 15 is 0 Å². The third-order valence-corrected chi connectivity index (χ3v) is 6.01. The van der Waals surface area contributed by atoms with Gasteiger partial charge in [0.1, 0.15) is 0 Å². The quantitative estimate of drug-likeness (QED) is 0.250. The Morgan fingerprint density at radius 1 is 0.290 bits per heavy atom. The van der Waals surface area contributed by atoms with Crippen LogP contribution in [0.3, 0.4) is 0 Å². The summed E-state index contributed by atoms with van der Waals surface area (Å²) >= 11 is 3.58. The van der Waals surface area contributed by atoms with Crippen molar-refractivity contribution in [1.82, 2.24) is 0 Å². The fourth-order valence-corrected chi connectivity index (χ4v) is 4.33. The van der Waals surface area contributed by atoms with Crippen molar-refractivity contribution in [2.75, 3.05) is 0 Å². The van der Waals surface area contributed by atoms with Crippen molar-refractivity contribution in [2.24, 2.45) is 0 Å². The van der Waals surface area contributed by atoms with E-state index in [1.165, 1.54) is 44.5 Å². The summed E-state index contributed by atoms with van der Waals surface area (Å²) in [5.41, 5.74) is 9.80. The van der Waals surface area contributed by atoms with Crippen LogP contribution in [0.2, 0.25) is 0 Å². The molecule has 0 aromatic heterocycles. The largest absolute Gasteiger partial charge is 0.0622 e. The molecule has 0 saturated heterocycles. The van der Waals surface area contributed by atoms with Gasteiger partial charge in [-0.3, -0.25) is 0 Å². The highest BCUT2D eigenvalue weighted by Crippen LogP contribution is 2.32. The minimum absolute atomic E-state index is 1.09. The molecule has 0 N–H and O–H groups in total. The fourth-order valence-electron chi connectivity index (χ4n) is 3.93. The van der Waals surface area contributed by atoms with E-state index < -0.39 is 0 Å². The summed E-state index contributed by atoms with van der Waals surface area (Å²) in [5, 5.41) is 0. The van der Waals surface area contributed by atoms with Gasteiger partial charge in [0.25, 0.3) is 0 Å². The Kier molecular flexibility index (Phi) is 5.52. The lowest BCUT2D eigenvalue weighted by atomic mass is 9.95. The van der Waals surface area contributed by atoms with Crippen LogP contribution < -0.4 is 0 Å². The Labute approximate surface area is 192 Å². The van der Waals surface area contributed by atoms with Crippen LogP contribution in [-0.4, -0.2) is 0 Å². The van der Waals surface area contributed by atoms with Crippen LogP contribution in [0.5, 0.6) is 0 Å². The van der Waals surface area contributed by atoms with Crippen LogP contribution in [0.15, 0.2) is 132 Å². The third kappa shape index (κ3) is 4.38. The van der Waals surface area contributed by atoms with Crippen LogP contribution in [-0.2, 0) is 0 Å². The second kappa shape index (κ2) is 8.75. The zero-order valence-corrected chi connectivity index (χ0v) is 18.6. The lowest BCUT2D eigenvalue weighted by Crippen LogP contribution is -1.84. The topological polar surface area (TPSA) is 0 Å². The zero-order chi connectivity index (χ0) is 21.0. The van der Waals surface area contributed by atoms with Crippen molar-refractivity contribution >= 4 is 15.9 Å². The molecule has 1 heteroatoms. The van der Waals surface area contributed by atoms with Crippen LogP contribution in [0.1, 0.15) is 0 Å². The van der Waals surface area contributed by atoms with Crippen LogP contribution in [0.25, 0.3) is 44.5 Å². The molecule has 31 heavy (non-hydrogen) atoms. The van der Waals surface area contributed by atoms with Gasteiger partial charge in [-0.25, -0.2) is 0 Å². The number of rotatable bonds is 4. The van der Waals surface area contributed by atoms with E-state index in [1.807, 2.05) is 0 Å². The zero-order valence-electron chi connectivity index (χ0n) is 17.0. The second-order valence-corrected chi connectivity index (χ2v) is 8.53. The Balaban J connectivity index is 1.51. The van der Waals surface area contributed by atoms with E-state index in [0.29, 0.717) is 0 Å². The van der Waals surface area contributed by atoms with Gasteiger partial charge < -0.3 is 0 Å². The molecule has 0 bridgehead atoms. The molecule has 0 aliphatic heterocycles. The molecule has 5 aromatic rings. The first-order valence-corrected chi connectivity index (χ1v) is 11.2. The number of halogens is 1. The van der Waals surface area contributed by atoms with Crippen LogP contribution >= 0.6 is 15.9 Å². The molecule has 0 heterocycles. The molecule has 0 saturated carbocycles. The first kappa shape index (κ1) is 19.5. The van der Waals surface area contributed by atoms with Gasteiger partial charge >= 0.3 is 0 Å². The fraction of sp³-hybridized carbons (Fsp3) is 0. The Morgan fingerprint density at radius 2 is 0.613 bits per heavy atom. The Morgan fingerprint density at radius 3 is 1.03 bits per heavy atom. The molecule has 5 aromatic carbocycles. The molecular weight excluding hydrogens is 440 g/mol. The van der Waals surface area contributed by atoms with Crippen LogP contribution in [0, 0.1) is 0 Å². The average molecular weight is 461 g/mol. The minimum Gasteiger partial charge on any atom is -0.0622 e. The van der Waals surface area contributed by atoms with Gasteiger partial charge in [-0.15, -0.1) is 0 Å². The van der Waals surface area contributed by atoms with E-state index in [1.54, 1.807) is 0 Å². The SMILES string of the molecule is Brc1cccc(-c2cccc(-c3cccc(-c4cccc(-c5ccccc5)c4)c3)c2)c1. The van der Waals surface area contributed by atoms with Gasteiger partial charge in [0.05, 0.1) is 0 Å². The lowest BCUT2D eigenvalue weighted by Gasteiger charge is -2.10. The van der Waals surface area contributed by atoms with Crippen molar-refractivity contribution in [1.29, 1.82) is 0 Å². The van der Waals surface area contributed by atoms with E-state index in [9.17, 15) is 0 Å². The molecular formula is C30H21Br. The Bertz CT molecular complexity index is 1340. The maximum atomic E-state index is 3.58. The summed E-state index contributed by atoms with van der Waals surface area (Å²) in [7, 11) is 0. The van der Waals surface area contributed by atoms with E-state index in [-0.39, 0.29) is 0 Å². The summed E-state index contributed by atoms with van der Waals surface area (Å²) in [6, 6.07) is 45.3. The predicted octanol–water partition coefficient (Wildman–Crippen LogP) is 9.12. The number of hydrogen-bond donors (Lipinski definition) is 0. The van der Waals surface area contributed by atoms with Gasteiger partial charge in [0, 0.05) is 4.47 Å². The maximum absolute atomic E-state index is 3.58. The molecule has 0 nitrogen and oxygen atoms in total. The Hall–Kier alpha value is -3.42. The van der Waals surface area contributed by atoms with Gasteiger partial charge in [-0.2, -0.15) is 0 Å². The molecule has 5 rings (SSSR count). The third-order valence-electron chi connectivity index (χ3n) is 5.52. The lowest BCUT2D eigenvalue weighted by molar-refractivity contribution is 1.56. The van der Waals surface area contributed by atoms with Gasteiger partial charge in [0.15, 0.2) is 0 Å². The highest BCUT2D eigenvalue weighted by molar-refractivity contribution is 9.10. The molecule has 0 aliphatic rings. The van der Waals surface area contributed by atoms with E-state index in [0.717, 1.165) is 4.47 Å². The molecule has 0 atom stereocenters. The minimum atomic E-state index is 1.09. The predicted molar refractivity (Wildman–Crippen MR) is 136 cm³/mol. The average Bonchev–Trinajstić information content (AvgIpc) is 2.85. The standard InChI is InChI=1S/C30H21Br/c31-30-17-7-16-29(21-30)28-15-6-14-27(20-28)26-13-5-12-25(19-26)24-11-4-10-23(18-24)22-8-2-1-3-9-22/h1-21H. The van der Waals surface area contributed by atoms with Gasteiger partial charge in [0.2, 0.25) is 0 Å². The van der Waals surface area contributed by atoms with Crippen molar-refractivity contribution in [2.45, 2.75) is 0 Å². The molecule has 0 fully saturated rings. The summed E-state index contributed by atoms with van der Waals surface area (Å²) in [6.07, 6.45) is 0. The second-order valence-electron chi connectivity index (χ2n) is 7.62. The van der Waals surface area contributed by atoms with Crippen molar-refractivity contribution in [3.05, 3.63) is 132 Å². The highest BCUT2D eigenvalue weighted by Gasteiger charge is 2.06. The first-order chi connectivity index (χ1) is 15.3. The smallest absolute Gasteiger partial charge is 0.0181 e. The summed E-state index contributed by atoms with van der Waals surface area (Å²) < 4.78 is 1.09. The summed E-state index contributed by atoms with van der Waals surface area (Å²) in [5.74, 6) is 0.